The van der Waals surface area contributed by atoms with Gasteiger partial charge in [0, 0.05) is 43.3 Å². The number of rotatable bonds is 12. The Labute approximate surface area is 271 Å². The summed E-state index contributed by atoms with van der Waals surface area (Å²) in [7, 11) is 0. The SMILES string of the molecule is CCO.CCc1c(CNc2cc(C)cc(C)n2)c(CC)c(CNc2cc(C)cc(C)n2)c(CC)c1CNc1cc(C)cc(C)n1. The first-order chi connectivity index (χ1) is 21.5. The number of hydrogen-bond donors (Lipinski definition) is 4. The number of aliphatic hydroxyl groups is 1. The molecule has 0 amide bonds. The third-order valence-corrected chi connectivity index (χ3v) is 7.88. The molecule has 4 rings (SSSR count). The molecule has 3 aromatic heterocycles. The zero-order valence-corrected chi connectivity index (χ0v) is 29.2. The molecule has 45 heavy (non-hydrogen) atoms. The van der Waals surface area contributed by atoms with Crippen LogP contribution in [0.5, 0.6) is 0 Å². The lowest BCUT2D eigenvalue weighted by Crippen LogP contribution is -2.19. The van der Waals surface area contributed by atoms with E-state index in [1.165, 1.54) is 50.1 Å². The molecule has 0 unspecified atom stereocenters. The highest BCUT2D eigenvalue weighted by molar-refractivity contribution is 5.56. The average Bonchev–Trinajstić information content (AvgIpc) is 2.96. The van der Waals surface area contributed by atoms with Gasteiger partial charge in [0.15, 0.2) is 0 Å². The molecule has 0 bridgehead atoms. The summed E-state index contributed by atoms with van der Waals surface area (Å²) in [6.07, 6.45) is 2.88. The molecular weight excluding hydrogens is 556 g/mol. The van der Waals surface area contributed by atoms with Gasteiger partial charge in [-0.1, -0.05) is 20.8 Å². The van der Waals surface area contributed by atoms with Crippen molar-refractivity contribution < 1.29 is 5.11 Å². The van der Waals surface area contributed by atoms with Crippen LogP contribution >= 0.6 is 0 Å². The van der Waals surface area contributed by atoms with Crippen LogP contribution in [-0.2, 0) is 38.9 Å². The van der Waals surface area contributed by atoms with Crippen molar-refractivity contribution in [1.29, 1.82) is 0 Å². The number of nitrogens with zero attached hydrogens (tertiary/aromatic N) is 3. The first-order valence-corrected chi connectivity index (χ1v) is 16.4. The van der Waals surface area contributed by atoms with Crippen LogP contribution in [0.25, 0.3) is 0 Å². The van der Waals surface area contributed by atoms with E-state index in [1.54, 1.807) is 6.92 Å². The molecule has 7 nitrogen and oxygen atoms in total. The van der Waals surface area contributed by atoms with E-state index in [0.717, 1.165) is 73.4 Å². The zero-order chi connectivity index (χ0) is 33.1. The fourth-order valence-electron chi connectivity index (χ4n) is 6.35. The molecule has 4 N–H and O–H groups in total. The summed E-state index contributed by atoms with van der Waals surface area (Å²) >= 11 is 0. The molecule has 0 aliphatic heterocycles. The molecule has 0 radical (unpaired) electrons. The molecule has 0 aliphatic carbocycles. The molecule has 1 aromatic carbocycles. The number of hydrogen-bond acceptors (Lipinski definition) is 7. The minimum atomic E-state index is 0.250. The first-order valence-electron chi connectivity index (χ1n) is 16.4. The van der Waals surface area contributed by atoms with Crippen molar-refractivity contribution in [2.24, 2.45) is 0 Å². The van der Waals surface area contributed by atoms with Gasteiger partial charge in [-0.05, 0) is 154 Å². The van der Waals surface area contributed by atoms with Crippen LogP contribution in [0.4, 0.5) is 17.5 Å². The van der Waals surface area contributed by atoms with Gasteiger partial charge < -0.3 is 21.1 Å². The van der Waals surface area contributed by atoms with Crippen LogP contribution in [0.1, 0.15) is 94.8 Å². The van der Waals surface area contributed by atoms with Crippen LogP contribution in [-0.4, -0.2) is 26.7 Å². The highest BCUT2D eigenvalue weighted by Gasteiger charge is 2.22. The van der Waals surface area contributed by atoms with Crippen molar-refractivity contribution >= 4 is 17.5 Å². The lowest BCUT2D eigenvalue weighted by atomic mass is 9.83. The lowest BCUT2D eigenvalue weighted by Gasteiger charge is -2.27. The van der Waals surface area contributed by atoms with Gasteiger partial charge in [-0.25, -0.2) is 15.0 Å². The Balaban J connectivity index is 0.00000177. The van der Waals surface area contributed by atoms with Gasteiger partial charge in [-0.2, -0.15) is 0 Å². The van der Waals surface area contributed by atoms with Crippen molar-refractivity contribution in [1.82, 2.24) is 15.0 Å². The van der Waals surface area contributed by atoms with E-state index < -0.39 is 0 Å². The summed E-state index contributed by atoms with van der Waals surface area (Å²) in [5, 5.41) is 18.6. The molecule has 0 atom stereocenters. The van der Waals surface area contributed by atoms with Crippen LogP contribution in [0.15, 0.2) is 36.4 Å². The van der Waals surface area contributed by atoms with Crippen molar-refractivity contribution in [2.45, 2.75) is 108 Å². The number of aliphatic hydroxyl groups excluding tert-OH is 1. The first kappa shape index (κ1) is 35.5. The summed E-state index contributed by atoms with van der Waals surface area (Å²) in [5.41, 5.74) is 15.2. The van der Waals surface area contributed by atoms with E-state index in [1.807, 2.05) is 0 Å². The predicted molar refractivity (Wildman–Crippen MR) is 190 cm³/mol. The minimum Gasteiger partial charge on any atom is -0.397 e. The van der Waals surface area contributed by atoms with E-state index >= 15 is 0 Å². The van der Waals surface area contributed by atoms with Gasteiger partial charge in [-0.3, -0.25) is 0 Å². The third kappa shape index (κ3) is 9.76. The molecule has 0 fully saturated rings. The second kappa shape index (κ2) is 16.9. The highest BCUT2D eigenvalue weighted by atomic mass is 16.2. The predicted octanol–water partition coefficient (Wildman–Crippen LogP) is 8.24. The quantitative estimate of drug-likeness (QED) is 0.128. The van der Waals surface area contributed by atoms with E-state index in [0.29, 0.717) is 0 Å². The van der Waals surface area contributed by atoms with Crippen molar-refractivity contribution in [2.75, 3.05) is 22.6 Å². The number of aromatic nitrogens is 3. The molecule has 0 aliphatic rings. The Morgan fingerprint density at radius 3 is 0.889 bits per heavy atom. The van der Waals surface area contributed by atoms with Gasteiger partial charge in [0.2, 0.25) is 0 Å². The van der Waals surface area contributed by atoms with Gasteiger partial charge >= 0.3 is 0 Å². The number of anilines is 3. The van der Waals surface area contributed by atoms with E-state index in [2.05, 4.69) is 115 Å². The maximum absolute atomic E-state index is 7.57. The van der Waals surface area contributed by atoms with E-state index in [-0.39, 0.29) is 6.61 Å². The van der Waals surface area contributed by atoms with Gasteiger partial charge in [0.25, 0.3) is 0 Å². The molecular formula is C38H54N6O. The van der Waals surface area contributed by atoms with Crippen LogP contribution < -0.4 is 16.0 Å². The Morgan fingerprint density at radius 2 is 0.689 bits per heavy atom. The van der Waals surface area contributed by atoms with Gasteiger partial charge in [0.05, 0.1) is 0 Å². The molecule has 0 spiro atoms. The minimum absolute atomic E-state index is 0.250. The normalized spacial score (nSPS) is 10.7. The maximum atomic E-state index is 7.57. The second-order valence-electron chi connectivity index (χ2n) is 11.8. The lowest BCUT2D eigenvalue weighted by molar-refractivity contribution is 0.318. The molecule has 7 heteroatoms. The van der Waals surface area contributed by atoms with Crippen molar-refractivity contribution in [3.8, 4) is 0 Å². The van der Waals surface area contributed by atoms with Crippen LogP contribution in [0.3, 0.4) is 0 Å². The third-order valence-electron chi connectivity index (χ3n) is 7.88. The number of nitrogens with one attached hydrogen (secondary N) is 3. The van der Waals surface area contributed by atoms with Crippen molar-refractivity contribution in [3.05, 3.63) is 104 Å². The number of benzene rings is 1. The molecule has 4 aromatic rings. The van der Waals surface area contributed by atoms with Crippen molar-refractivity contribution in [3.63, 3.8) is 0 Å². The summed E-state index contributed by atoms with van der Waals surface area (Å²) in [4.78, 5) is 14.3. The van der Waals surface area contributed by atoms with E-state index in [9.17, 15) is 0 Å². The largest absolute Gasteiger partial charge is 0.397 e. The Hall–Kier alpha value is -3.97. The fourth-order valence-corrected chi connectivity index (χ4v) is 6.35. The van der Waals surface area contributed by atoms with Gasteiger partial charge in [-0.15, -0.1) is 0 Å². The average molecular weight is 611 g/mol. The number of aryl methyl sites for hydroxylation is 6. The molecule has 0 saturated heterocycles. The zero-order valence-electron chi connectivity index (χ0n) is 29.2. The fraction of sp³-hybridized carbons (Fsp3) is 0.447. The maximum Gasteiger partial charge on any atom is 0.126 e. The highest BCUT2D eigenvalue weighted by Crippen LogP contribution is 2.32. The molecule has 242 valence electrons. The Bertz CT molecular complexity index is 1310. The van der Waals surface area contributed by atoms with Crippen LogP contribution in [0, 0.1) is 41.5 Å². The van der Waals surface area contributed by atoms with E-state index in [4.69, 9.17) is 20.1 Å². The topological polar surface area (TPSA) is 95.0 Å². The summed E-state index contributed by atoms with van der Waals surface area (Å²) in [6.45, 7) is 23.5. The molecule has 3 heterocycles. The monoisotopic (exact) mass is 610 g/mol. The smallest absolute Gasteiger partial charge is 0.126 e. The Kier molecular flexibility index (Phi) is 13.4. The van der Waals surface area contributed by atoms with Gasteiger partial charge in [0.1, 0.15) is 17.5 Å². The second-order valence-corrected chi connectivity index (χ2v) is 11.8. The standard InChI is InChI=1S/C36H48N6.C2H6O/c1-10-28-31(19-37-34-16-22(4)13-25(7)40-34)29(11-2)33(21-39-36-18-24(6)15-27(9)42-36)30(12-3)32(28)20-38-35-17-23(5)14-26(8)41-35;1-2-3/h13-18H,10-12,19-21H2,1-9H3,(H,37,40)(H,38,41)(H,39,42);3H,2H2,1H3. The number of pyridine rings is 3. The summed E-state index contributed by atoms with van der Waals surface area (Å²) in [5.74, 6) is 2.78. The Morgan fingerprint density at radius 1 is 0.444 bits per heavy atom. The molecule has 0 saturated carbocycles. The summed E-state index contributed by atoms with van der Waals surface area (Å²) < 4.78 is 0. The van der Waals surface area contributed by atoms with Crippen LogP contribution in [0.2, 0.25) is 0 Å². The summed E-state index contributed by atoms with van der Waals surface area (Å²) in [6, 6.07) is 12.7.